The Balaban J connectivity index is 1.66. The van der Waals surface area contributed by atoms with Crippen LogP contribution in [-0.2, 0) is 7.05 Å². The predicted molar refractivity (Wildman–Crippen MR) is 82.5 cm³/mol. The first-order valence-electron chi connectivity index (χ1n) is 7.23. The summed E-state index contributed by atoms with van der Waals surface area (Å²) in [5, 5.41) is 0. The lowest BCUT2D eigenvalue weighted by atomic mass is 10.1. The highest BCUT2D eigenvalue weighted by molar-refractivity contribution is 5.94. The smallest absolute Gasteiger partial charge is 0.253 e. The summed E-state index contributed by atoms with van der Waals surface area (Å²) in [6.07, 6.45) is 3.75. The zero-order chi connectivity index (χ0) is 14.8. The number of nitrogens with zero attached hydrogens (tertiary/aromatic N) is 4. The number of amides is 1. The summed E-state index contributed by atoms with van der Waals surface area (Å²) >= 11 is 0. The quantitative estimate of drug-likeness (QED) is 0.842. The van der Waals surface area contributed by atoms with Gasteiger partial charge in [0.15, 0.2) is 0 Å². The number of aromatic nitrogens is 2. The van der Waals surface area contributed by atoms with Crippen LogP contribution >= 0.6 is 0 Å². The van der Waals surface area contributed by atoms with Gasteiger partial charge >= 0.3 is 0 Å². The molecule has 0 N–H and O–H groups in total. The number of carbonyl (C=O) groups excluding carboxylic acids is 1. The van der Waals surface area contributed by atoms with E-state index in [4.69, 9.17) is 0 Å². The van der Waals surface area contributed by atoms with Crippen LogP contribution in [0.2, 0.25) is 0 Å². The summed E-state index contributed by atoms with van der Waals surface area (Å²) < 4.78 is 2.01. The highest BCUT2D eigenvalue weighted by Crippen LogP contribution is 2.15. The fourth-order valence-corrected chi connectivity index (χ4v) is 2.73. The van der Waals surface area contributed by atoms with Gasteiger partial charge in [-0.2, -0.15) is 0 Å². The van der Waals surface area contributed by atoms with Crippen molar-refractivity contribution in [2.24, 2.45) is 7.05 Å². The monoisotopic (exact) mass is 284 g/mol. The number of piperazine rings is 1. The highest BCUT2D eigenvalue weighted by atomic mass is 16.2. The number of imidazole rings is 1. The maximum Gasteiger partial charge on any atom is 0.253 e. The fraction of sp³-hybridized carbons (Fsp3) is 0.375. The van der Waals surface area contributed by atoms with E-state index >= 15 is 0 Å². The van der Waals surface area contributed by atoms with Crippen LogP contribution in [0.4, 0.5) is 5.95 Å². The molecule has 1 saturated heterocycles. The van der Waals surface area contributed by atoms with E-state index in [1.165, 1.54) is 0 Å². The molecule has 21 heavy (non-hydrogen) atoms. The zero-order valence-corrected chi connectivity index (χ0v) is 12.5. The van der Waals surface area contributed by atoms with Crippen molar-refractivity contribution >= 4 is 11.9 Å². The Bertz CT molecular complexity index is 641. The molecular formula is C16H20N4O. The van der Waals surface area contributed by atoms with Gasteiger partial charge in [-0.25, -0.2) is 4.98 Å². The van der Waals surface area contributed by atoms with Crippen molar-refractivity contribution in [3.8, 4) is 0 Å². The number of hydrogen-bond acceptors (Lipinski definition) is 3. The van der Waals surface area contributed by atoms with Gasteiger partial charge in [0.25, 0.3) is 5.91 Å². The summed E-state index contributed by atoms with van der Waals surface area (Å²) in [5.41, 5.74) is 1.90. The van der Waals surface area contributed by atoms with Gasteiger partial charge in [0.1, 0.15) is 0 Å². The molecular weight excluding hydrogens is 264 g/mol. The molecule has 5 heteroatoms. The van der Waals surface area contributed by atoms with Crippen LogP contribution in [0, 0.1) is 6.92 Å². The van der Waals surface area contributed by atoms with E-state index in [9.17, 15) is 4.79 Å². The lowest BCUT2D eigenvalue weighted by Gasteiger charge is -2.35. The molecule has 5 nitrogen and oxygen atoms in total. The first-order chi connectivity index (χ1) is 10.1. The van der Waals surface area contributed by atoms with Crippen LogP contribution in [0.5, 0.6) is 0 Å². The summed E-state index contributed by atoms with van der Waals surface area (Å²) in [5.74, 6) is 1.09. The van der Waals surface area contributed by atoms with E-state index in [0.29, 0.717) is 0 Å². The zero-order valence-electron chi connectivity index (χ0n) is 12.5. The molecule has 1 fully saturated rings. The summed E-state index contributed by atoms with van der Waals surface area (Å²) in [4.78, 5) is 21.0. The number of hydrogen-bond donors (Lipinski definition) is 0. The molecule has 0 unspecified atom stereocenters. The summed E-state index contributed by atoms with van der Waals surface area (Å²) in [6, 6.07) is 7.79. The Kier molecular flexibility index (Phi) is 3.64. The van der Waals surface area contributed by atoms with Crippen LogP contribution in [0.3, 0.4) is 0 Å². The number of carbonyl (C=O) groups is 1. The molecule has 1 aliphatic heterocycles. The molecule has 1 aliphatic rings. The largest absolute Gasteiger partial charge is 0.339 e. The van der Waals surface area contributed by atoms with E-state index in [0.717, 1.165) is 43.3 Å². The van der Waals surface area contributed by atoms with Gasteiger partial charge in [-0.3, -0.25) is 4.79 Å². The number of benzene rings is 1. The summed E-state index contributed by atoms with van der Waals surface area (Å²) in [7, 11) is 1.99. The minimum atomic E-state index is 0.123. The highest BCUT2D eigenvalue weighted by Gasteiger charge is 2.23. The van der Waals surface area contributed by atoms with E-state index in [1.54, 1.807) is 6.20 Å². The van der Waals surface area contributed by atoms with Crippen molar-refractivity contribution in [1.82, 2.24) is 14.5 Å². The van der Waals surface area contributed by atoms with Gasteiger partial charge in [-0.15, -0.1) is 0 Å². The van der Waals surface area contributed by atoms with E-state index in [2.05, 4.69) is 9.88 Å². The Morgan fingerprint density at radius 2 is 1.95 bits per heavy atom. The Morgan fingerprint density at radius 1 is 1.19 bits per heavy atom. The molecule has 0 saturated carbocycles. The molecule has 0 spiro atoms. The number of aryl methyl sites for hydroxylation is 2. The van der Waals surface area contributed by atoms with Gasteiger partial charge in [-0.1, -0.05) is 17.7 Å². The molecule has 1 amide bonds. The molecule has 0 bridgehead atoms. The molecule has 0 aliphatic carbocycles. The van der Waals surface area contributed by atoms with Crippen molar-refractivity contribution in [1.29, 1.82) is 0 Å². The molecule has 0 atom stereocenters. The van der Waals surface area contributed by atoms with E-state index in [1.807, 2.05) is 53.9 Å². The van der Waals surface area contributed by atoms with Gasteiger partial charge in [0, 0.05) is 51.2 Å². The third-order valence-corrected chi connectivity index (χ3v) is 3.91. The fourth-order valence-electron chi connectivity index (χ4n) is 2.73. The number of anilines is 1. The Morgan fingerprint density at radius 3 is 2.57 bits per heavy atom. The summed E-state index contributed by atoms with van der Waals surface area (Å²) in [6.45, 7) is 5.12. The second kappa shape index (κ2) is 5.60. The van der Waals surface area contributed by atoms with Crippen molar-refractivity contribution in [3.63, 3.8) is 0 Å². The topological polar surface area (TPSA) is 41.4 Å². The lowest BCUT2D eigenvalue weighted by molar-refractivity contribution is 0.0746. The van der Waals surface area contributed by atoms with Gasteiger partial charge < -0.3 is 14.4 Å². The third-order valence-electron chi connectivity index (χ3n) is 3.91. The predicted octanol–water partition coefficient (Wildman–Crippen LogP) is 1.69. The normalized spacial score (nSPS) is 15.3. The first kappa shape index (κ1) is 13.7. The standard InChI is InChI=1S/C16H20N4O/c1-13-4-3-5-14(12-13)15(21)19-8-10-20(11-9-19)16-17-6-7-18(16)2/h3-7,12H,8-11H2,1-2H3. The molecule has 2 heterocycles. The molecule has 110 valence electrons. The van der Waals surface area contributed by atoms with Crippen molar-refractivity contribution in [2.45, 2.75) is 6.92 Å². The molecule has 3 rings (SSSR count). The van der Waals surface area contributed by atoms with Crippen molar-refractivity contribution in [3.05, 3.63) is 47.8 Å². The molecule has 1 aromatic carbocycles. The van der Waals surface area contributed by atoms with Crippen LogP contribution in [0.1, 0.15) is 15.9 Å². The van der Waals surface area contributed by atoms with E-state index < -0.39 is 0 Å². The van der Waals surface area contributed by atoms with E-state index in [-0.39, 0.29) is 5.91 Å². The van der Waals surface area contributed by atoms with Gasteiger partial charge in [-0.05, 0) is 19.1 Å². The Hall–Kier alpha value is -2.30. The van der Waals surface area contributed by atoms with Gasteiger partial charge in [0.05, 0.1) is 0 Å². The minimum Gasteiger partial charge on any atom is -0.339 e. The second-order valence-corrected chi connectivity index (χ2v) is 5.49. The molecule has 2 aromatic rings. The maximum absolute atomic E-state index is 12.5. The lowest BCUT2D eigenvalue weighted by Crippen LogP contribution is -2.49. The van der Waals surface area contributed by atoms with Crippen LogP contribution in [0.25, 0.3) is 0 Å². The van der Waals surface area contributed by atoms with Gasteiger partial charge in [0.2, 0.25) is 5.95 Å². The number of rotatable bonds is 2. The average molecular weight is 284 g/mol. The first-order valence-corrected chi connectivity index (χ1v) is 7.23. The Labute approximate surface area is 124 Å². The molecule has 0 radical (unpaired) electrons. The van der Waals surface area contributed by atoms with Crippen molar-refractivity contribution in [2.75, 3.05) is 31.1 Å². The molecule has 1 aromatic heterocycles. The average Bonchev–Trinajstić information content (AvgIpc) is 2.93. The maximum atomic E-state index is 12.5. The van der Waals surface area contributed by atoms with Crippen LogP contribution in [0.15, 0.2) is 36.7 Å². The minimum absolute atomic E-state index is 0.123. The van der Waals surface area contributed by atoms with Crippen molar-refractivity contribution < 1.29 is 4.79 Å². The SMILES string of the molecule is Cc1cccc(C(=O)N2CCN(c3nccn3C)CC2)c1. The van der Waals surface area contributed by atoms with Crippen LogP contribution < -0.4 is 4.90 Å². The van der Waals surface area contributed by atoms with Crippen LogP contribution in [-0.4, -0.2) is 46.5 Å². The third kappa shape index (κ3) is 2.77. The second-order valence-electron chi connectivity index (χ2n) is 5.49.